The number of ether oxygens (including phenoxy) is 1. The Kier molecular flexibility index (Phi) is 8.43. The van der Waals surface area contributed by atoms with Gasteiger partial charge in [0, 0.05) is 13.1 Å². The standard InChI is InChI=1S/C16H24F2N2O2/c1-3-9-19-15(21)12-20(10-4-2)11-13-5-7-14(8-6-13)22-16(17)18/h5-8,16H,3-4,9-12H2,1-2H3,(H,19,21). The van der Waals surface area contributed by atoms with Gasteiger partial charge in [0.2, 0.25) is 5.91 Å². The number of carbonyl (C=O) groups is 1. The molecule has 1 aromatic carbocycles. The molecule has 0 bridgehead atoms. The zero-order valence-electron chi connectivity index (χ0n) is 13.1. The van der Waals surface area contributed by atoms with Gasteiger partial charge in [-0.1, -0.05) is 26.0 Å². The van der Waals surface area contributed by atoms with Gasteiger partial charge in [0.05, 0.1) is 6.54 Å². The highest BCUT2D eigenvalue weighted by Crippen LogP contribution is 2.16. The van der Waals surface area contributed by atoms with Gasteiger partial charge in [0.25, 0.3) is 0 Å². The van der Waals surface area contributed by atoms with Crippen molar-refractivity contribution in [3.63, 3.8) is 0 Å². The predicted octanol–water partition coefficient (Wildman–Crippen LogP) is 3.03. The molecule has 0 radical (unpaired) electrons. The molecule has 1 amide bonds. The van der Waals surface area contributed by atoms with Gasteiger partial charge < -0.3 is 10.1 Å². The van der Waals surface area contributed by atoms with Crippen LogP contribution in [0.15, 0.2) is 24.3 Å². The predicted molar refractivity (Wildman–Crippen MR) is 81.9 cm³/mol. The summed E-state index contributed by atoms with van der Waals surface area (Å²) in [5.41, 5.74) is 0.957. The summed E-state index contributed by atoms with van der Waals surface area (Å²) in [4.78, 5) is 13.8. The number of alkyl halides is 2. The van der Waals surface area contributed by atoms with Crippen LogP contribution >= 0.6 is 0 Å². The van der Waals surface area contributed by atoms with E-state index in [2.05, 4.69) is 17.0 Å². The van der Waals surface area contributed by atoms with E-state index in [1.54, 1.807) is 12.1 Å². The first-order valence-electron chi connectivity index (χ1n) is 7.58. The van der Waals surface area contributed by atoms with Crippen molar-refractivity contribution in [2.24, 2.45) is 0 Å². The van der Waals surface area contributed by atoms with Crippen molar-refractivity contribution < 1.29 is 18.3 Å². The van der Waals surface area contributed by atoms with Gasteiger partial charge in [-0.3, -0.25) is 9.69 Å². The Hall–Kier alpha value is -1.69. The van der Waals surface area contributed by atoms with E-state index in [9.17, 15) is 13.6 Å². The second kappa shape index (κ2) is 10.1. The van der Waals surface area contributed by atoms with Crippen LogP contribution in [0.3, 0.4) is 0 Å². The van der Waals surface area contributed by atoms with Crippen molar-refractivity contribution in [1.82, 2.24) is 10.2 Å². The second-order valence-corrected chi connectivity index (χ2v) is 5.08. The normalized spacial score (nSPS) is 11.0. The van der Waals surface area contributed by atoms with Crippen LogP contribution in [0.2, 0.25) is 0 Å². The first kappa shape index (κ1) is 18.4. The molecule has 0 aliphatic carbocycles. The largest absolute Gasteiger partial charge is 0.435 e. The van der Waals surface area contributed by atoms with Crippen LogP contribution in [-0.2, 0) is 11.3 Å². The van der Waals surface area contributed by atoms with E-state index >= 15 is 0 Å². The molecule has 1 N–H and O–H groups in total. The monoisotopic (exact) mass is 314 g/mol. The van der Waals surface area contributed by atoms with E-state index in [1.807, 2.05) is 11.8 Å². The van der Waals surface area contributed by atoms with Gasteiger partial charge in [0.1, 0.15) is 5.75 Å². The Balaban J connectivity index is 2.56. The fraction of sp³-hybridized carbons (Fsp3) is 0.562. The van der Waals surface area contributed by atoms with Crippen molar-refractivity contribution in [2.45, 2.75) is 39.8 Å². The Morgan fingerprint density at radius 2 is 1.91 bits per heavy atom. The topological polar surface area (TPSA) is 41.6 Å². The zero-order chi connectivity index (χ0) is 16.4. The molecule has 0 unspecified atom stereocenters. The summed E-state index contributed by atoms with van der Waals surface area (Å²) in [7, 11) is 0. The molecular formula is C16H24F2N2O2. The molecule has 0 heterocycles. The number of carbonyl (C=O) groups excluding carboxylic acids is 1. The quantitative estimate of drug-likeness (QED) is 0.722. The maximum absolute atomic E-state index is 12.1. The first-order chi connectivity index (χ1) is 10.5. The molecule has 4 nitrogen and oxygen atoms in total. The molecule has 0 saturated heterocycles. The van der Waals surface area contributed by atoms with E-state index in [-0.39, 0.29) is 11.7 Å². The molecule has 0 spiro atoms. The third kappa shape index (κ3) is 7.36. The number of nitrogens with one attached hydrogen (secondary N) is 1. The summed E-state index contributed by atoms with van der Waals surface area (Å²) in [5.74, 6) is 0.148. The van der Waals surface area contributed by atoms with E-state index in [1.165, 1.54) is 12.1 Å². The van der Waals surface area contributed by atoms with Crippen molar-refractivity contribution in [1.29, 1.82) is 0 Å². The van der Waals surface area contributed by atoms with E-state index in [0.29, 0.717) is 19.6 Å². The lowest BCUT2D eigenvalue weighted by molar-refractivity contribution is -0.122. The van der Waals surface area contributed by atoms with Gasteiger partial charge in [-0.15, -0.1) is 0 Å². The molecular weight excluding hydrogens is 290 g/mol. The van der Waals surface area contributed by atoms with Crippen LogP contribution in [0, 0.1) is 0 Å². The van der Waals surface area contributed by atoms with Crippen LogP contribution in [0.1, 0.15) is 32.3 Å². The van der Waals surface area contributed by atoms with Crippen molar-refractivity contribution >= 4 is 5.91 Å². The summed E-state index contributed by atoms with van der Waals surface area (Å²) >= 11 is 0. The Bertz CT molecular complexity index is 438. The lowest BCUT2D eigenvalue weighted by atomic mass is 10.2. The van der Waals surface area contributed by atoms with E-state index in [0.717, 1.165) is 24.9 Å². The van der Waals surface area contributed by atoms with Crippen LogP contribution in [-0.4, -0.2) is 37.1 Å². The molecule has 0 atom stereocenters. The summed E-state index contributed by atoms with van der Waals surface area (Å²) in [6, 6.07) is 6.51. The zero-order valence-corrected chi connectivity index (χ0v) is 13.1. The summed E-state index contributed by atoms with van der Waals surface area (Å²) in [6.45, 7) is 3.66. The minimum Gasteiger partial charge on any atom is -0.435 e. The molecule has 1 aromatic rings. The highest BCUT2D eigenvalue weighted by Gasteiger charge is 2.11. The van der Waals surface area contributed by atoms with Crippen LogP contribution in [0.5, 0.6) is 5.75 Å². The average Bonchev–Trinajstić information content (AvgIpc) is 2.47. The van der Waals surface area contributed by atoms with E-state index < -0.39 is 6.61 Å². The maximum Gasteiger partial charge on any atom is 0.387 e. The molecule has 6 heteroatoms. The maximum atomic E-state index is 12.1. The number of benzene rings is 1. The summed E-state index contributed by atoms with van der Waals surface area (Å²) < 4.78 is 28.5. The lowest BCUT2D eigenvalue weighted by Gasteiger charge is -2.21. The van der Waals surface area contributed by atoms with Gasteiger partial charge in [-0.05, 0) is 37.1 Å². The third-order valence-electron chi connectivity index (χ3n) is 3.03. The van der Waals surface area contributed by atoms with Crippen molar-refractivity contribution in [3.05, 3.63) is 29.8 Å². The van der Waals surface area contributed by atoms with Crippen molar-refractivity contribution in [3.8, 4) is 5.75 Å². The van der Waals surface area contributed by atoms with E-state index in [4.69, 9.17) is 0 Å². The molecule has 22 heavy (non-hydrogen) atoms. The summed E-state index contributed by atoms with van der Waals surface area (Å²) in [6.07, 6.45) is 1.85. The van der Waals surface area contributed by atoms with Gasteiger partial charge in [-0.2, -0.15) is 8.78 Å². The number of hydrogen-bond acceptors (Lipinski definition) is 3. The molecule has 124 valence electrons. The van der Waals surface area contributed by atoms with Crippen LogP contribution in [0.25, 0.3) is 0 Å². The molecule has 0 aliphatic heterocycles. The Morgan fingerprint density at radius 1 is 1.23 bits per heavy atom. The number of nitrogens with zero attached hydrogens (tertiary/aromatic N) is 1. The molecule has 0 saturated carbocycles. The minimum atomic E-state index is -2.82. The average molecular weight is 314 g/mol. The van der Waals surface area contributed by atoms with Gasteiger partial charge in [-0.25, -0.2) is 0 Å². The lowest BCUT2D eigenvalue weighted by Crippen LogP contribution is -2.37. The van der Waals surface area contributed by atoms with Gasteiger partial charge >= 0.3 is 6.61 Å². The molecule has 0 aromatic heterocycles. The van der Waals surface area contributed by atoms with Crippen LogP contribution in [0.4, 0.5) is 8.78 Å². The summed E-state index contributed by atoms with van der Waals surface area (Å²) in [5, 5.41) is 2.85. The second-order valence-electron chi connectivity index (χ2n) is 5.08. The molecule has 0 aliphatic rings. The number of halogens is 2. The van der Waals surface area contributed by atoms with Gasteiger partial charge in [0.15, 0.2) is 0 Å². The highest BCUT2D eigenvalue weighted by molar-refractivity contribution is 5.77. The molecule has 1 rings (SSSR count). The molecule has 0 fully saturated rings. The minimum absolute atomic E-state index is 0.00736. The Morgan fingerprint density at radius 3 is 2.45 bits per heavy atom. The number of amides is 1. The fourth-order valence-corrected chi connectivity index (χ4v) is 2.09. The number of hydrogen-bond donors (Lipinski definition) is 1. The van der Waals surface area contributed by atoms with Crippen LogP contribution < -0.4 is 10.1 Å². The fourth-order valence-electron chi connectivity index (χ4n) is 2.09. The number of rotatable bonds is 10. The Labute approximate surface area is 130 Å². The third-order valence-corrected chi connectivity index (χ3v) is 3.03. The first-order valence-corrected chi connectivity index (χ1v) is 7.58. The van der Waals surface area contributed by atoms with Crippen molar-refractivity contribution in [2.75, 3.05) is 19.6 Å². The SMILES string of the molecule is CCCNC(=O)CN(CCC)Cc1ccc(OC(F)F)cc1. The highest BCUT2D eigenvalue weighted by atomic mass is 19.3. The smallest absolute Gasteiger partial charge is 0.387 e.